The molecular formula is C33H32BrN. The van der Waals surface area contributed by atoms with Crippen LogP contribution in [0.15, 0.2) is 89.4 Å². The summed E-state index contributed by atoms with van der Waals surface area (Å²) in [7, 11) is 0. The minimum absolute atomic E-state index is 0.0561. The van der Waals surface area contributed by atoms with Crippen molar-refractivity contribution in [2.75, 3.05) is 0 Å². The lowest BCUT2D eigenvalue weighted by molar-refractivity contribution is 0.125. The first-order valence-corrected chi connectivity index (χ1v) is 13.3. The summed E-state index contributed by atoms with van der Waals surface area (Å²) in [6, 6.07) is 31.2. The van der Waals surface area contributed by atoms with Crippen molar-refractivity contribution in [2.24, 2.45) is 5.41 Å². The van der Waals surface area contributed by atoms with Crippen LogP contribution in [0, 0.1) is 5.41 Å². The predicted molar refractivity (Wildman–Crippen MR) is 154 cm³/mol. The number of hydrogen-bond donors (Lipinski definition) is 0. The number of nitrogens with zero attached hydrogens (tertiary/aromatic N) is 1. The van der Waals surface area contributed by atoms with Gasteiger partial charge in [-0.25, -0.2) is 0 Å². The summed E-state index contributed by atoms with van der Waals surface area (Å²) < 4.78 is 3.59. The van der Waals surface area contributed by atoms with E-state index in [4.69, 9.17) is 0 Å². The van der Waals surface area contributed by atoms with Crippen molar-refractivity contribution < 1.29 is 0 Å². The molecule has 0 amide bonds. The van der Waals surface area contributed by atoms with Crippen molar-refractivity contribution in [3.05, 3.63) is 101 Å². The zero-order valence-corrected chi connectivity index (χ0v) is 23.0. The minimum Gasteiger partial charge on any atom is -0.308 e. The van der Waals surface area contributed by atoms with Gasteiger partial charge in [0.2, 0.25) is 0 Å². The Labute approximate surface area is 216 Å². The second-order valence-electron chi connectivity index (χ2n) is 11.7. The first-order valence-electron chi connectivity index (χ1n) is 12.5. The highest BCUT2D eigenvalue weighted by molar-refractivity contribution is 9.10. The molecule has 1 heterocycles. The molecule has 1 aromatic heterocycles. The maximum absolute atomic E-state index is 4.00. The van der Waals surface area contributed by atoms with Crippen molar-refractivity contribution >= 4 is 37.7 Å². The third-order valence-electron chi connectivity index (χ3n) is 9.58. The van der Waals surface area contributed by atoms with E-state index in [1.165, 1.54) is 49.7 Å². The van der Waals surface area contributed by atoms with Crippen LogP contribution < -0.4 is 0 Å². The standard InChI is InChI=1S/C33H32BrN/c1-31(2)25-19-27(34)30(20-26(25)32(3,4)33(31,5)6)35-28-15-11-10-14-23(28)24-18-22(16-17-29(24)35)21-12-8-7-9-13-21/h7-20H,1-6H3. The number of para-hydroxylation sites is 1. The molecule has 0 aliphatic heterocycles. The van der Waals surface area contributed by atoms with E-state index in [-0.39, 0.29) is 16.2 Å². The normalized spacial score (nSPS) is 17.7. The average molecular weight is 523 g/mol. The second-order valence-corrected chi connectivity index (χ2v) is 12.5. The van der Waals surface area contributed by atoms with Crippen molar-refractivity contribution in [2.45, 2.75) is 52.4 Å². The molecule has 0 fully saturated rings. The molecule has 1 aliphatic carbocycles. The van der Waals surface area contributed by atoms with Crippen LogP contribution in [0.4, 0.5) is 0 Å². The molecule has 1 nitrogen and oxygen atoms in total. The summed E-state index contributed by atoms with van der Waals surface area (Å²) >= 11 is 4.00. The number of fused-ring (bicyclic) bond motifs is 4. The van der Waals surface area contributed by atoms with Crippen molar-refractivity contribution in [1.82, 2.24) is 4.57 Å². The molecule has 1 aliphatic rings. The molecule has 4 aromatic carbocycles. The van der Waals surface area contributed by atoms with E-state index >= 15 is 0 Å². The molecule has 6 rings (SSSR count). The van der Waals surface area contributed by atoms with Crippen LogP contribution in [0.2, 0.25) is 0 Å². The first kappa shape index (κ1) is 22.6. The molecule has 2 heteroatoms. The van der Waals surface area contributed by atoms with Crippen LogP contribution in [0.25, 0.3) is 38.6 Å². The lowest BCUT2D eigenvalue weighted by Crippen LogP contribution is -2.42. The molecule has 0 saturated carbocycles. The van der Waals surface area contributed by atoms with Crippen LogP contribution in [-0.4, -0.2) is 4.57 Å². The van der Waals surface area contributed by atoms with Gasteiger partial charge in [-0.2, -0.15) is 0 Å². The Morgan fingerprint density at radius 2 is 1.17 bits per heavy atom. The smallest absolute Gasteiger partial charge is 0.0607 e. The highest BCUT2D eigenvalue weighted by Crippen LogP contribution is 2.62. The van der Waals surface area contributed by atoms with Crippen molar-refractivity contribution in [3.8, 4) is 16.8 Å². The Morgan fingerprint density at radius 1 is 0.571 bits per heavy atom. The first-order chi connectivity index (χ1) is 16.6. The quantitative estimate of drug-likeness (QED) is 0.217. The number of rotatable bonds is 2. The molecule has 0 atom stereocenters. The molecule has 0 spiro atoms. The van der Waals surface area contributed by atoms with Gasteiger partial charge in [-0.3, -0.25) is 0 Å². The Balaban J connectivity index is 1.66. The van der Waals surface area contributed by atoms with Crippen molar-refractivity contribution in [3.63, 3.8) is 0 Å². The van der Waals surface area contributed by atoms with Crippen molar-refractivity contribution in [1.29, 1.82) is 0 Å². The van der Waals surface area contributed by atoms with E-state index in [9.17, 15) is 0 Å². The summed E-state index contributed by atoms with van der Waals surface area (Å²) in [5, 5.41) is 2.57. The largest absolute Gasteiger partial charge is 0.308 e. The van der Waals surface area contributed by atoms with Gasteiger partial charge in [-0.05, 0) is 84.8 Å². The number of aromatic nitrogens is 1. The molecule has 0 unspecified atom stereocenters. The second kappa shape index (κ2) is 7.34. The highest BCUT2D eigenvalue weighted by atomic mass is 79.9. The van der Waals surface area contributed by atoms with Crippen LogP contribution in [0.1, 0.15) is 52.7 Å². The maximum Gasteiger partial charge on any atom is 0.0607 e. The Kier molecular flexibility index (Phi) is 4.74. The van der Waals surface area contributed by atoms with Gasteiger partial charge in [0.05, 0.1) is 16.7 Å². The molecule has 0 N–H and O–H groups in total. The summed E-state index contributed by atoms with van der Waals surface area (Å²) in [5.74, 6) is 0. The van der Waals surface area contributed by atoms with E-state index in [0.29, 0.717) is 0 Å². The van der Waals surface area contributed by atoms with Crippen LogP contribution in [0.5, 0.6) is 0 Å². The zero-order valence-electron chi connectivity index (χ0n) is 21.4. The van der Waals surface area contributed by atoms with Crippen LogP contribution >= 0.6 is 15.9 Å². The van der Waals surface area contributed by atoms with Gasteiger partial charge in [0.1, 0.15) is 0 Å². The van der Waals surface area contributed by atoms with Crippen LogP contribution in [-0.2, 0) is 10.8 Å². The van der Waals surface area contributed by atoms with Gasteiger partial charge in [0.15, 0.2) is 0 Å². The Morgan fingerprint density at radius 3 is 1.89 bits per heavy atom. The van der Waals surface area contributed by atoms with E-state index in [0.717, 1.165) is 4.47 Å². The molecule has 0 radical (unpaired) electrons. The molecular weight excluding hydrogens is 490 g/mol. The Hall–Kier alpha value is -2.84. The Bertz CT molecular complexity index is 1620. The number of benzene rings is 4. The zero-order chi connectivity index (χ0) is 24.8. The van der Waals surface area contributed by atoms with E-state index < -0.39 is 0 Å². The van der Waals surface area contributed by atoms with E-state index in [1.807, 2.05) is 0 Å². The molecule has 0 bridgehead atoms. The fraction of sp³-hybridized carbons (Fsp3) is 0.273. The van der Waals surface area contributed by atoms with Crippen LogP contribution in [0.3, 0.4) is 0 Å². The lowest BCUT2D eigenvalue weighted by atomic mass is 9.59. The summed E-state index contributed by atoms with van der Waals surface area (Å²) in [6.07, 6.45) is 0. The molecule has 5 aromatic rings. The fourth-order valence-electron chi connectivity index (χ4n) is 6.26. The van der Waals surface area contributed by atoms with E-state index in [1.54, 1.807) is 0 Å². The van der Waals surface area contributed by atoms with Gasteiger partial charge in [-0.15, -0.1) is 0 Å². The number of halogens is 1. The lowest BCUT2D eigenvalue weighted by Gasteiger charge is -2.44. The molecule has 35 heavy (non-hydrogen) atoms. The SMILES string of the molecule is CC1(C)c2cc(Br)c(-n3c4ccccc4c4cc(-c5ccccc5)ccc43)cc2C(C)(C)C1(C)C. The van der Waals surface area contributed by atoms with Gasteiger partial charge in [-0.1, -0.05) is 96.1 Å². The monoisotopic (exact) mass is 521 g/mol. The predicted octanol–water partition coefficient (Wildman–Crippen LogP) is 9.81. The van der Waals surface area contributed by atoms with Gasteiger partial charge in [0.25, 0.3) is 0 Å². The topological polar surface area (TPSA) is 4.93 Å². The van der Waals surface area contributed by atoms with Gasteiger partial charge >= 0.3 is 0 Å². The summed E-state index contributed by atoms with van der Waals surface area (Å²) in [6.45, 7) is 14.5. The third-order valence-corrected chi connectivity index (χ3v) is 10.2. The molecule has 176 valence electrons. The van der Waals surface area contributed by atoms with Gasteiger partial charge in [0, 0.05) is 15.2 Å². The van der Waals surface area contributed by atoms with Gasteiger partial charge < -0.3 is 4.57 Å². The molecule has 0 saturated heterocycles. The summed E-state index contributed by atoms with van der Waals surface area (Å²) in [4.78, 5) is 0. The fourth-order valence-corrected chi connectivity index (χ4v) is 6.79. The highest BCUT2D eigenvalue weighted by Gasteiger charge is 2.57. The average Bonchev–Trinajstić information content (AvgIpc) is 3.21. The maximum atomic E-state index is 4.00. The third kappa shape index (κ3) is 2.93. The minimum atomic E-state index is 0.0561. The summed E-state index contributed by atoms with van der Waals surface area (Å²) in [5.41, 5.74) is 9.36. The van der Waals surface area contributed by atoms with E-state index in [2.05, 4.69) is 147 Å². The number of hydrogen-bond acceptors (Lipinski definition) is 0.